The highest BCUT2D eigenvalue weighted by molar-refractivity contribution is 5.37. The van der Waals surface area contributed by atoms with Crippen LogP contribution in [-0.2, 0) is 0 Å². The van der Waals surface area contributed by atoms with Crippen LogP contribution < -0.4 is 10.5 Å². The molecule has 0 amide bonds. The van der Waals surface area contributed by atoms with Gasteiger partial charge in [-0.2, -0.15) is 0 Å². The van der Waals surface area contributed by atoms with E-state index in [0.29, 0.717) is 6.10 Å². The van der Waals surface area contributed by atoms with Crippen molar-refractivity contribution in [2.75, 3.05) is 0 Å². The fraction of sp³-hybridized carbons (Fsp3) is 0.538. The molecule has 2 atom stereocenters. The first-order valence-corrected chi connectivity index (χ1v) is 5.86. The summed E-state index contributed by atoms with van der Waals surface area (Å²) in [4.78, 5) is 0. The van der Waals surface area contributed by atoms with E-state index in [4.69, 9.17) is 10.5 Å². The van der Waals surface area contributed by atoms with E-state index in [9.17, 15) is 0 Å². The summed E-state index contributed by atoms with van der Waals surface area (Å²) < 4.78 is 6.03. The van der Waals surface area contributed by atoms with Crippen molar-refractivity contribution >= 4 is 0 Å². The lowest BCUT2D eigenvalue weighted by Gasteiger charge is -2.39. The summed E-state index contributed by atoms with van der Waals surface area (Å²) in [5.74, 6) is 1.76. The van der Waals surface area contributed by atoms with E-state index >= 15 is 0 Å². The average molecular weight is 203 g/mol. The smallest absolute Gasteiger partial charge is 0.124 e. The first-order valence-electron chi connectivity index (χ1n) is 5.86. The number of benzene rings is 1. The topological polar surface area (TPSA) is 35.2 Å². The molecule has 0 bridgehead atoms. The van der Waals surface area contributed by atoms with Gasteiger partial charge < -0.3 is 10.5 Å². The second-order valence-electron chi connectivity index (χ2n) is 4.73. The summed E-state index contributed by atoms with van der Waals surface area (Å²) >= 11 is 0. The van der Waals surface area contributed by atoms with Crippen LogP contribution in [-0.4, -0.2) is 6.10 Å². The molecular weight excluding hydrogens is 186 g/mol. The molecule has 2 heteroatoms. The Balaban J connectivity index is 1.85. The average Bonchev–Trinajstić information content (AvgIpc) is 2.15. The minimum atomic E-state index is 0.167. The molecule has 0 aromatic heterocycles. The van der Waals surface area contributed by atoms with Gasteiger partial charge in [-0.1, -0.05) is 24.6 Å². The summed E-state index contributed by atoms with van der Waals surface area (Å²) in [6, 6.07) is 8.35. The van der Waals surface area contributed by atoms with Crippen molar-refractivity contribution in [2.45, 2.75) is 37.8 Å². The Kier molecular flexibility index (Phi) is 2.17. The molecule has 0 spiro atoms. The Labute approximate surface area is 90.4 Å². The van der Waals surface area contributed by atoms with Crippen molar-refractivity contribution in [3.05, 3.63) is 29.8 Å². The van der Waals surface area contributed by atoms with E-state index < -0.39 is 0 Å². The van der Waals surface area contributed by atoms with Gasteiger partial charge in [-0.3, -0.25) is 0 Å². The number of rotatable bonds is 1. The van der Waals surface area contributed by atoms with Gasteiger partial charge in [0.05, 0.1) is 0 Å². The molecule has 2 nitrogen and oxygen atoms in total. The molecule has 0 saturated heterocycles. The Hall–Kier alpha value is -1.02. The molecule has 80 valence electrons. The first-order chi connectivity index (χ1) is 7.34. The molecule has 3 rings (SSSR count). The zero-order valence-electron chi connectivity index (χ0n) is 8.86. The molecule has 1 aromatic rings. The van der Waals surface area contributed by atoms with Gasteiger partial charge in [-0.25, -0.2) is 0 Å². The van der Waals surface area contributed by atoms with Crippen LogP contribution in [0, 0.1) is 5.92 Å². The molecule has 2 unspecified atom stereocenters. The molecule has 1 aliphatic carbocycles. The van der Waals surface area contributed by atoms with Crippen molar-refractivity contribution < 1.29 is 4.74 Å². The summed E-state index contributed by atoms with van der Waals surface area (Å²) in [6.07, 6.45) is 5.35. The number of hydrogen-bond acceptors (Lipinski definition) is 2. The third kappa shape index (κ3) is 1.53. The molecule has 2 aliphatic rings. The zero-order valence-corrected chi connectivity index (χ0v) is 8.86. The van der Waals surface area contributed by atoms with Crippen LogP contribution in [0.3, 0.4) is 0 Å². The SMILES string of the molecule is NC1CC(C2CCC2)Oc2ccccc21. The van der Waals surface area contributed by atoms with Crippen molar-refractivity contribution in [1.29, 1.82) is 0 Å². The molecule has 1 aliphatic heterocycles. The van der Waals surface area contributed by atoms with Gasteiger partial charge in [0.1, 0.15) is 11.9 Å². The molecule has 1 heterocycles. The third-order valence-electron chi connectivity index (χ3n) is 3.76. The van der Waals surface area contributed by atoms with Gasteiger partial charge in [0, 0.05) is 18.0 Å². The fourth-order valence-corrected chi connectivity index (χ4v) is 2.58. The molecule has 2 N–H and O–H groups in total. The van der Waals surface area contributed by atoms with E-state index in [2.05, 4.69) is 6.07 Å². The standard InChI is InChI=1S/C13H17NO/c14-11-8-13(9-4-3-5-9)15-12-7-2-1-6-10(11)12/h1-2,6-7,9,11,13H,3-5,8,14H2. The van der Waals surface area contributed by atoms with Crippen molar-refractivity contribution in [1.82, 2.24) is 0 Å². The van der Waals surface area contributed by atoms with Crippen molar-refractivity contribution in [3.8, 4) is 5.75 Å². The van der Waals surface area contributed by atoms with Gasteiger partial charge >= 0.3 is 0 Å². The van der Waals surface area contributed by atoms with Crippen LogP contribution in [0.2, 0.25) is 0 Å². The Morgan fingerprint density at radius 3 is 2.73 bits per heavy atom. The fourth-order valence-electron chi connectivity index (χ4n) is 2.58. The molecule has 1 aromatic carbocycles. The van der Waals surface area contributed by atoms with Gasteiger partial charge in [0.15, 0.2) is 0 Å². The highest BCUT2D eigenvalue weighted by Gasteiger charge is 2.34. The third-order valence-corrected chi connectivity index (χ3v) is 3.76. The lowest BCUT2D eigenvalue weighted by molar-refractivity contribution is 0.0580. The van der Waals surface area contributed by atoms with Crippen LogP contribution in [0.25, 0.3) is 0 Å². The molecule has 1 saturated carbocycles. The minimum Gasteiger partial charge on any atom is -0.490 e. The maximum absolute atomic E-state index is 6.17. The van der Waals surface area contributed by atoms with E-state index in [0.717, 1.165) is 18.1 Å². The maximum atomic E-state index is 6.17. The molecule has 15 heavy (non-hydrogen) atoms. The Bertz CT molecular complexity index is 359. The van der Waals surface area contributed by atoms with Crippen LogP contribution in [0.1, 0.15) is 37.3 Å². The van der Waals surface area contributed by atoms with E-state index in [1.54, 1.807) is 0 Å². The summed E-state index contributed by atoms with van der Waals surface area (Å²) in [6.45, 7) is 0. The Morgan fingerprint density at radius 2 is 2.00 bits per heavy atom. The highest BCUT2D eigenvalue weighted by atomic mass is 16.5. The second kappa shape index (κ2) is 3.53. The van der Waals surface area contributed by atoms with Crippen molar-refractivity contribution in [2.24, 2.45) is 11.7 Å². The quantitative estimate of drug-likeness (QED) is 0.761. The monoisotopic (exact) mass is 203 g/mol. The van der Waals surface area contributed by atoms with Crippen LogP contribution in [0.4, 0.5) is 0 Å². The summed E-state index contributed by atoms with van der Waals surface area (Å²) in [5.41, 5.74) is 7.35. The van der Waals surface area contributed by atoms with Gasteiger partial charge in [-0.05, 0) is 24.8 Å². The predicted octanol–water partition coefficient (Wildman–Crippen LogP) is 2.64. The van der Waals surface area contributed by atoms with E-state index in [-0.39, 0.29) is 6.04 Å². The largest absolute Gasteiger partial charge is 0.490 e. The Morgan fingerprint density at radius 1 is 1.20 bits per heavy atom. The molecule has 1 fully saturated rings. The van der Waals surface area contributed by atoms with Crippen LogP contribution in [0.15, 0.2) is 24.3 Å². The van der Waals surface area contributed by atoms with Crippen LogP contribution >= 0.6 is 0 Å². The lowest BCUT2D eigenvalue weighted by atomic mass is 9.77. The summed E-state index contributed by atoms with van der Waals surface area (Å²) in [5, 5.41) is 0. The van der Waals surface area contributed by atoms with E-state index in [1.807, 2.05) is 18.2 Å². The van der Waals surface area contributed by atoms with Gasteiger partial charge in [0.2, 0.25) is 0 Å². The predicted molar refractivity (Wildman–Crippen MR) is 59.7 cm³/mol. The zero-order chi connectivity index (χ0) is 10.3. The molecular formula is C13H17NO. The number of fused-ring (bicyclic) bond motifs is 1. The molecule has 0 radical (unpaired) electrons. The van der Waals surface area contributed by atoms with Gasteiger partial charge in [0.25, 0.3) is 0 Å². The normalized spacial score (nSPS) is 30.2. The van der Waals surface area contributed by atoms with Gasteiger partial charge in [-0.15, -0.1) is 0 Å². The first kappa shape index (κ1) is 9.22. The van der Waals surface area contributed by atoms with Crippen LogP contribution in [0.5, 0.6) is 5.75 Å². The van der Waals surface area contributed by atoms with E-state index in [1.165, 1.54) is 24.8 Å². The second-order valence-corrected chi connectivity index (χ2v) is 4.73. The van der Waals surface area contributed by atoms with Crippen molar-refractivity contribution in [3.63, 3.8) is 0 Å². The maximum Gasteiger partial charge on any atom is 0.124 e. The number of para-hydroxylation sites is 1. The number of ether oxygens (including phenoxy) is 1. The lowest BCUT2D eigenvalue weighted by Crippen LogP contribution is -2.38. The number of nitrogens with two attached hydrogens (primary N) is 1. The summed E-state index contributed by atoms with van der Waals surface area (Å²) in [7, 11) is 0. The number of hydrogen-bond donors (Lipinski definition) is 1. The minimum absolute atomic E-state index is 0.167. The highest BCUT2D eigenvalue weighted by Crippen LogP contribution is 2.40.